The van der Waals surface area contributed by atoms with E-state index in [1.165, 1.54) is 13.0 Å². The topological polar surface area (TPSA) is 207 Å². The van der Waals surface area contributed by atoms with Gasteiger partial charge in [-0.05, 0) is 56.4 Å². The number of rotatable bonds is 4. The van der Waals surface area contributed by atoms with Crippen LogP contribution in [0.4, 0.5) is 0 Å². The molecule has 0 aromatic heterocycles. The maximum Gasteiger partial charge on any atom is 0.331 e. The van der Waals surface area contributed by atoms with Crippen LogP contribution in [-0.2, 0) is 19.0 Å². The minimum Gasteiger partial charge on any atom is -0.458 e. The van der Waals surface area contributed by atoms with Gasteiger partial charge in [0.1, 0.15) is 24.9 Å². The van der Waals surface area contributed by atoms with E-state index >= 15 is 0 Å². The average molecular weight is 585 g/mol. The lowest BCUT2D eigenvalue weighted by Crippen LogP contribution is -2.76. The second-order valence-electron chi connectivity index (χ2n) is 13.8. The molecule has 6 aliphatic rings. The zero-order chi connectivity index (χ0) is 29.7. The first kappa shape index (κ1) is 29.9. The standard InChI is InChI=1S/C29H44O12/c1-13-22(34)23(35)24(36)25(40-13)41-15-8-19(32)28(12-30)21-17(3-5-27(28,37)9-15)29(38)6-4-16(14-7-20(33)39-11-14)26(29,2)10-18(21)31/h7,13,15-19,21-25,30-32,34-38H,3-6,8-12H2,1-2H3/t13-,15+,16+,17-,18+,19-,21+,22+,23-,24+,25+,26-,27-,28+,29+/m0/s1. The summed E-state index contributed by atoms with van der Waals surface area (Å²) in [6.07, 6.45) is -6.68. The lowest BCUT2D eigenvalue weighted by Gasteiger charge is -2.68. The quantitative estimate of drug-likeness (QED) is 0.140. The molecule has 4 saturated carbocycles. The maximum atomic E-state index is 12.4. The predicted molar refractivity (Wildman–Crippen MR) is 139 cm³/mol. The Morgan fingerprint density at radius 1 is 1.02 bits per heavy atom. The van der Waals surface area contributed by atoms with Crippen molar-refractivity contribution < 1.29 is 59.9 Å². The highest BCUT2D eigenvalue weighted by Crippen LogP contribution is 2.70. The second-order valence-corrected chi connectivity index (χ2v) is 13.8. The van der Waals surface area contributed by atoms with Crippen LogP contribution >= 0.6 is 0 Å². The molecule has 15 atom stereocenters. The van der Waals surface area contributed by atoms with Crippen LogP contribution in [0.15, 0.2) is 11.6 Å². The molecule has 0 unspecified atom stereocenters. The molecule has 232 valence electrons. The van der Waals surface area contributed by atoms with E-state index in [9.17, 15) is 45.6 Å². The van der Waals surface area contributed by atoms with Crippen molar-refractivity contribution in [3.63, 3.8) is 0 Å². The second kappa shape index (κ2) is 9.91. The number of carbonyl (C=O) groups excluding carboxylic acids is 1. The van der Waals surface area contributed by atoms with Gasteiger partial charge in [0.25, 0.3) is 0 Å². The fourth-order valence-corrected chi connectivity index (χ4v) is 10.1. The zero-order valence-electron chi connectivity index (χ0n) is 23.5. The van der Waals surface area contributed by atoms with E-state index in [4.69, 9.17) is 14.2 Å². The molecule has 0 amide bonds. The van der Waals surface area contributed by atoms with Crippen molar-refractivity contribution in [2.75, 3.05) is 13.2 Å². The van der Waals surface area contributed by atoms with Crippen LogP contribution in [0.1, 0.15) is 58.8 Å². The molecular weight excluding hydrogens is 540 g/mol. The first-order valence-electron chi connectivity index (χ1n) is 14.9. The molecule has 2 aliphatic heterocycles. The molecule has 4 aliphatic carbocycles. The molecule has 1 saturated heterocycles. The number of aliphatic hydroxyl groups excluding tert-OH is 6. The van der Waals surface area contributed by atoms with Crippen LogP contribution in [0.2, 0.25) is 0 Å². The molecule has 41 heavy (non-hydrogen) atoms. The molecule has 0 bridgehead atoms. The average Bonchev–Trinajstić information content (AvgIpc) is 3.45. The highest BCUT2D eigenvalue weighted by Gasteiger charge is 2.75. The van der Waals surface area contributed by atoms with Crippen molar-refractivity contribution in [3.8, 4) is 0 Å². The minimum absolute atomic E-state index is 0.0369. The van der Waals surface area contributed by atoms with Gasteiger partial charge in [0.05, 0.1) is 47.6 Å². The lowest BCUT2D eigenvalue weighted by atomic mass is 9.40. The SMILES string of the molecule is C[C@@H]1O[C@H](O[C@@H]2C[C@H](O)[C@]3(CO)[C@H]4[C@H](O)C[C@@]5(C)[C@@H](C6=CC(=O)OC6)CC[C@@]5(O)[C@H]4CC[C@]3(O)C2)[C@H](O)[C@@H](O)[C@@H]1O. The molecule has 12 heteroatoms. The van der Waals surface area contributed by atoms with E-state index in [-0.39, 0.29) is 38.2 Å². The van der Waals surface area contributed by atoms with E-state index in [1.807, 2.05) is 6.92 Å². The fourth-order valence-electron chi connectivity index (χ4n) is 10.1. The normalized spacial score (nSPS) is 56.9. The van der Waals surface area contributed by atoms with E-state index in [0.29, 0.717) is 19.3 Å². The van der Waals surface area contributed by atoms with Crippen LogP contribution in [0.3, 0.4) is 0 Å². The highest BCUT2D eigenvalue weighted by atomic mass is 16.7. The molecule has 8 N–H and O–H groups in total. The summed E-state index contributed by atoms with van der Waals surface area (Å²) < 4.78 is 16.7. The number of carbonyl (C=O) groups is 1. The Morgan fingerprint density at radius 3 is 2.41 bits per heavy atom. The van der Waals surface area contributed by atoms with Gasteiger partial charge in [0, 0.05) is 30.3 Å². The molecule has 0 radical (unpaired) electrons. The van der Waals surface area contributed by atoms with Crippen molar-refractivity contribution in [3.05, 3.63) is 11.6 Å². The van der Waals surface area contributed by atoms with E-state index < -0.39 is 95.5 Å². The van der Waals surface area contributed by atoms with E-state index in [1.54, 1.807) is 0 Å². The van der Waals surface area contributed by atoms with Crippen LogP contribution in [0.5, 0.6) is 0 Å². The molecule has 0 aromatic rings. The molecule has 0 spiro atoms. The number of aliphatic hydroxyl groups is 8. The summed E-state index contributed by atoms with van der Waals surface area (Å²) in [6.45, 7) is 3.00. The van der Waals surface area contributed by atoms with Gasteiger partial charge >= 0.3 is 5.97 Å². The fraction of sp³-hybridized carbons (Fsp3) is 0.897. The molecule has 0 aromatic carbocycles. The third-order valence-electron chi connectivity index (χ3n) is 12.2. The van der Waals surface area contributed by atoms with Gasteiger partial charge in [0.15, 0.2) is 6.29 Å². The lowest BCUT2D eigenvalue weighted by molar-refractivity contribution is -0.342. The van der Waals surface area contributed by atoms with Crippen LogP contribution in [-0.4, -0.2) is 120 Å². The number of ether oxygens (including phenoxy) is 3. The van der Waals surface area contributed by atoms with Crippen LogP contribution in [0, 0.1) is 28.6 Å². The van der Waals surface area contributed by atoms with Gasteiger partial charge in [-0.1, -0.05) is 6.92 Å². The molecule has 2 heterocycles. The molecule has 6 rings (SSSR count). The summed E-state index contributed by atoms with van der Waals surface area (Å²) in [5.74, 6) is -1.93. The van der Waals surface area contributed by atoms with Crippen molar-refractivity contribution in [2.45, 2.75) is 119 Å². The molecule has 12 nitrogen and oxygen atoms in total. The summed E-state index contributed by atoms with van der Waals surface area (Å²) in [5, 5.41) is 89.6. The van der Waals surface area contributed by atoms with Crippen molar-refractivity contribution in [1.29, 1.82) is 0 Å². The predicted octanol–water partition coefficient (Wildman–Crippen LogP) is -1.51. The van der Waals surface area contributed by atoms with E-state index in [2.05, 4.69) is 0 Å². The largest absolute Gasteiger partial charge is 0.458 e. The smallest absolute Gasteiger partial charge is 0.331 e. The summed E-state index contributed by atoms with van der Waals surface area (Å²) in [7, 11) is 0. The zero-order valence-corrected chi connectivity index (χ0v) is 23.5. The van der Waals surface area contributed by atoms with Gasteiger partial charge in [-0.3, -0.25) is 0 Å². The summed E-state index contributed by atoms with van der Waals surface area (Å²) in [4.78, 5) is 11.8. The Balaban J connectivity index is 1.28. The first-order valence-corrected chi connectivity index (χ1v) is 14.9. The maximum absolute atomic E-state index is 12.4. The van der Waals surface area contributed by atoms with Gasteiger partial charge in [-0.2, -0.15) is 0 Å². The van der Waals surface area contributed by atoms with Gasteiger partial charge in [-0.25, -0.2) is 4.79 Å². The van der Waals surface area contributed by atoms with Crippen molar-refractivity contribution in [1.82, 2.24) is 0 Å². The third kappa shape index (κ3) is 3.99. The number of fused-ring (bicyclic) bond motifs is 5. The Hall–Kier alpha value is -1.19. The highest BCUT2D eigenvalue weighted by molar-refractivity contribution is 5.85. The molecular formula is C29H44O12. The van der Waals surface area contributed by atoms with Gasteiger partial charge in [-0.15, -0.1) is 0 Å². The Kier molecular flexibility index (Phi) is 7.22. The number of esters is 1. The van der Waals surface area contributed by atoms with Gasteiger partial charge < -0.3 is 55.1 Å². The number of hydrogen-bond acceptors (Lipinski definition) is 12. The Bertz CT molecular complexity index is 1080. The molecule has 5 fully saturated rings. The van der Waals surface area contributed by atoms with Crippen molar-refractivity contribution >= 4 is 5.97 Å². The minimum atomic E-state index is -1.67. The monoisotopic (exact) mass is 584 g/mol. The van der Waals surface area contributed by atoms with Gasteiger partial charge in [0.2, 0.25) is 0 Å². The van der Waals surface area contributed by atoms with Crippen LogP contribution in [0.25, 0.3) is 0 Å². The third-order valence-corrected chi connectivity index (χ3v) is 12.2. The van der Waals surface area contributed by atoms with E-state index in [0.717, 1.165) is 5.57 Å². The van der Waals surface area contributed by atoms with Crippen molar-refractivity contribution in [2.24, 2.45) is 28.6 Å². The number of hydrogen-bond donors (Lipinski definition) is 8. The Morgan fingerprint density at radius 2 is 1.76 bits per heavy atom. The first-order chi connectivity index (χ1) is 19.2. The summed E-state index contributed by atoms with van der Waals surface area (Å²) in [5.41, 5.74) is -4.46. The summed E-state index contributed by atoms with van der Waals surface area (Å²) >= 11 is 0. The van der Waals surface area contributed by atoms with Crippen LogP contribution < -0.4 is 0 Å². The summed E-state index contributed by atoms with van der Waals surface area (Å²) in [6, 6.07) is 0. The number of cyclic esters (lactones) is 1. The Labute approximate surface area is 238 Å².